The molecule has 1 rings (SSSR count). The second-order valence-electron chi connectivity index (χ2n) is 5.22. The minimum Gasteiger partial charge on any atom is -0.486 e. The van der Waals surface area contributed by atoms with Crippen LogP contribution in [0.25, 0.3) is 0 Å². The molecule has 18 heavy (non-hydrogen) atoms. The molecule has 0 aliphatic rings. The van der Waals surface area contributed by atoms with Gasteiger partial charge >= 0.3 is 0 Å². The van der Waals surface area contributed by atoms with Crippen molar-refractivity contribution in [3.05, 3.63) is 42.0 Å². The van der Waals surface area contributed by atoms with Gasteiger partial charge < -0.3 is 10.1 Å². The van der Waals surface area contributed by atoms with Crippen molar-refractivity contribution in [3.8, 4) is 5.75 Å². The third-order valence-corrected chi connectivity index (χ3v) is 2.19. The van der Waals surface area contributed by atoms with Crippen molar-refractivity contribution in [1.82, 2.24) is 5.32 Å². The molecule has 0 radical (unpaired) electrons. The Morgan fingerprint density at radius 1 is 1.33 bits per heavy atom. The summed E-state index contributed by atoms with van der Waals surface area (Å²) in [4.78, 5) is 0. The van der Waals surface area contributed by atoms with Crippen LogP contribution in [0, 0.1) is 11.6 Å². The minimum atomic E-state index is -0.702. The van der Waals surface area contributed by atoms with E-state index in [-0.39, 0.29) is 17.9 Å². The molecule has 0 aliphatic heterocycles. The predicted molar refractivity (Wildman–Crippen MR) is 68.7 cm³/mol. The first-order valence-electron chi connectivity index (χ1n) is 5.77. The molecular formula is C14H19F2NO. The minimum absolute atomic E-state index is 0.00986. The molecule has 0 spiro atoms. The van der Waals surface area contributed by atoms with Gasteiger partial charge in [-0.3, -0.25) is 0 Å². The molecule has 0 saturated carbocycles. The quantitative estimate of drug-likeness (QED) is 0.815. The zero-order valence-electron chi connectivity index (χ0n) is 11.0. The first-order valence-corrected chi connectivity index (χ1v) is 5.77. The van der Waals surface area contributed by atoms with Gasteiger partial charge in [-0.05, 0) is 38.5 Å². The summed E-state index contributed by atoms with van der Waals surface area (Å²) in [6.07, 6.45) is 0. The van der Waals surface area contributed by atoms with Crippen LogP contribution in [0.2, 0.25) is 0 Å². The summed E-state index contributed by atoms with van der Waals surface area (Å²) in [5.74, 6) is -1.28. The average Bonchev–Trinajstić information content (AvgIpc) is 2.24. The maximum absolute atomic E-state index is 13.3. The molecule has 4 heteroatoms. The van der Waals surface area contributed by atoms with Crippen molar-refractivity contribution in [2.24, 2.45) is 0 Å². The monoisotopic (exact) mass is 255 g/mol. The number of hydrogen-bond donors (Lipinski definition) is 1. The van der Waals surface area contributed by atoms with Crippen LogP contribution in [-0.2, 0) is 0 Å². The Morgan fingerprint density at radius 3 is 2.56 bits per heavy atom. The number of halogens is 2. The zero-order valence-corrected chi connectivity index (χ0v) is 11.0. The van der Waals surface area contributed by atoms with Crippen LogP contribution in [0.15, 0.2) is 30.4 Å². The second-order valence-corrected chi connectivity index (χ2v) is 5.22. The number of hydrogen-bond acceptors (Lipinski definition) is 2. The highest BCUT2D eigenvalue weighted by Gasteiger charge is 2.10. The molecular weight excluding hydrogens is 236 g/mol. The van der Waals surface area contributed by atoms with Crippen molar-refractivity contribution in [3.63, 3.8) is 0 Å². The van der Waals surface area contributed by atoms with Gasteiger partial charge in [0, 0.05) is 18.2 Å². The Kier molecular flexibility index (Phi) is 4.84. The molecule has 0 amide bonds. The van der Waals surface area contributed by atoms with Gasteiger partial charge in [-0.1, -0.05) is 6.58 Å². The zero-order chi connectivity index (χ0) is 13.8. The molecule has 0 aliphatic carbocycles. The first kappa shape index (κ1) is 14.6. The van der Waals surface area contributed by atoms with Gasteiger partial charge in [0.2, 0.25) is 0 Å². The molecule has 2 nitrogen and oxygen atoms in total. The van der Waals surface area contributed by atoms with Crippen molar-refractivity contribution in [2.45, 2.75) is 26.3 Å². The van der Waals surface area contributed by atoms with Crippen LogP contribution in [0.3, 0.4) is 0 Å². The second kappa shape index (κ2) is 5.96. The van der Waals surface area contributed by atoms with E-state index in [2.05, 4.69) is 11.9 Å². The lowest BCUT2D eigenvalue weighted by molar-refractivity contribution is 0.323. The Hall–Kier alpha value is -1.42. The smallest absolute Gasteiger partial charge is 0.167 e. The summed E-state index contributed by atoms with van der Waals surface area (Å²) in [6, 6.07) is 3.23. The van der Waals surface area contributed by atoms with Crippen LogP contribution < -0.4 is 10.1 Å². The average molecular weight is 255 g/mol. The highest BCUT2D eigenvalue weighted by atomic mass is 19.1. The van der Waals surface area contributed by atoms with Crippen LogP contribution in [0.4, 0.5) is 8.78 Å². The molecule has 0 saturated heterocycles. The number of ether oxygens (including phenoxy) is 1. The number of nitrogens with one attached hydrogen (secondary N) is 1. The van der Waals surface area contributed by atoms with Crippen molar-refractivity contribution in [2.75, 3.05) is 13.2 Å². The molecule has 0 heterocycles. The Bertz CT molecular complexity index is 424. The number of rotatable bonds is 5. The summed E-state index contributed by atoms with van der Waals surface area (Å²) in [6.45, 7) is 10.8. The van der Waals surface area contributed by atoms with Gasteiger partial charge in [-0.25, -0.2) is 8.78 Å². The van der Waals surface area contributed by atoms with E-state index < -0.39 is 11.6 Å². The van der Waals surface area contributed by atoms with Crippen LogP contribution >= 0.6 is 0 Å². The summed E-state index contributed by atoms with van der Waals surface area (Å²) < 4.78 is 31.2. The fraction of sp³-hybridized carbons (Fsp3) is 0.429. The Balaban J connectivity index is 2.43. The van der Waals surface area contributed by atoms with E-state index in [9.17, 15) is 8.78 Å². The van der Waals surface area contributed by atoms with Crippen LogP contribution in [0.1, 0.15) is 20.8 Å². The van der Waals surface area contributed by atoms with Crippen molar-refractivity contribution in [1.29, 1.82) is 0 Å². The highest BCUT2D eigenvalue weighted by molar-refractivity contribution is 5.25. The summed E-state index contributed by atoms with van der Waals surface area (Å²) in [5.41, 5.74) is 0.790. The van der Waals surface area contributed by atoms with E-state index in [0.717, 1.165) is 17.7 Å². The molecule has 0 atom stereocenters. The molecule has 0 fully saturated rings. The third kappa shape index (κ3) is 5.27. The third-order valence-electron chi connectivity index (χ3n) is 2.19. The summed E-state index contributed by atoms with van der Waals surface area (Å²) >= 11 is 0. The maximum atomic E-state index is 13.3. The van der Waals surface area contributed by atoms with Gasteiger partial charge in [0.25, 0.3) is 0 Å². The van der Waals surface area contributed by atoms with Gasteiger partial charge in [-0.2, -0.15) is 0 Å². The standard InChI is InChI=1S/C14H19F2NO/c1-10(8-17-14(2,3)4)9-18-13-6-5-11(15)7-12(13)16/h5-7,17H,1,8-9H2,2-4H3. The van der Waals surface area contributed by atoms with Crippen LogP contribution in [-0.4, -0.2) is 18.7 Å². The van der Waals surface area contributed by atoms with E-state index in [1.54, 1.807) is 0 Å². The normalized spacial score (nSPS) is 11.4. The van der Waals surface area contributed by atoms with E-state index >= 15 is 0 Å². The largest absolute Gasteiger partial charge is 0.486 e. The predicted octanol–water partition coefficient (Wildman–Crippen LogP) is 3.29. The summed E-state index contributed by atoms with van der Waals surface area (Å²) in [5, 5.41) is 3.25. The van der Waals surface area contributed by atoms with Gasteiger partial charge in [0.1, 0.15) is 12.4 Å². The maximum Gasteiger partial charge on any atom is 0.167 e. The van der Waals surface area contributed by atoms with Crippen molar-refractivity contribution >= 4 is 0 Å². The SMILES string of the molecule is C=C(CNC(C)(C)C)COc1ccc(F)cc1F. The molecule has 0 aromatic heterocycles. The summed E-state index contributed by atoms with van der Waals surface area (Å²) in [7, 11) is 0. The van der Waals surface area contributed by atoms with Crippen LogP contribution in [0.5, 0.6) is 5.75 Å². The van der Waals surface area contributed by atoms with E-state index in [0.29, 0.717) is 6.54 Å². The fourth-order valence-electron chi connectivity index (χ4n) is 1.21. The highest BCUT2D eigenvalue weighted by Crippen LogP contribution is 2.18. The van der Waals surface area contributed by atoms with Gasteiger partial charge in [-0.15, -0.1) is 0 Å². The molecule has 0 bridgehead atoms. The van der Waals surface area contributed by atoms with Gasteiger partial charge in [0.05, 0.1) is 0 Å². The van der Waals surface area contributed by atoms with E-state index in [1.165, 1.54) is 6.07 Å². The lowest BCUT2D eigenvalue weighted by atomic mass is 10.1. The molecule has 1 aromatic carbocycles. The van der Waals surface area contributed by atoms with E-state index in [1.807, 2.05) is 20.8 Å². The molecule has 0 unspecified atom stereocenters. The van der Waals surface area contributed by atoms with Gasteiger partial charge in [0.15, 0.2) is 11.6 Å². The molecule has 1 N–H and O–H groups in total. The lowest BCUT2D eigenvalue weighted by Gasteiger charge is -2.21. The fourth-order valence-corrected chi connectivity index (χ4v) is 1.21. The van der Waals surface area contributed by atoms with E-state index in [4.69, 9.17) is 4.74 Å². The lowest BCUT2D eigenvalue weighted by Crippen LogP contribution is -2.37. The Morgan fingerprint density at radius 2 is 2.00 bits per heavy atom. The topological polar surface area (TPSA) is 21.3 Å². The Labute approximate surface area is 107 Å². The number of benzene rings is 1. The molecule has 100 valence electrons. The molecule has 1 aromatic rings. The van der Waals surface area contributed by atoms with Crippen molar-refractivity contribution < 1.29 is 13.5 Å². The first-order chi connectivity index (χ1) is 8.28.